The molecule has 11 heteroatoms. The number of hydrogen-bond donors (Lipinski definition) is 5. The van der Waals surface area contributed by atoms with E-state index in [-0.39, 0.29) is 30.3 Å². The van der Waals surface area contributed by atoms with E-state index in [9.17, 15) is 14.0 Å². The molecule has 0 aliphatic rings. The molecule has 0 saturated heterocycles. The van der Waals surface area contributed by atoms with Crippen molar-refractivity contribution < 1.29 is 14.0 Å². The molecule has 2 aromatic carbocycles. The number of benzene rings is 2. The fraction of sp³-hybridized carbons (Fsp3) is 0.0952. The van der Waals surface area contributed by atoms with Crippen LogP contribution in [0.2, 0.25) is 0 Å². The molecule has 0 radical (unpaired) electrons. The molecule has 0 fully saturated rings. The third-order valence-corrected chi connectivity index (χ3v) is 4.44. The van der Waals surface area contributed by atoms with Crippen LogP contribution in [0.15, 0.2) is 66.0 Å². The van der Waals surface area contributed by atoms with Gasteiger partial charge in [0.15, 0.2) is 5.84 Å². The summed E-state index contributed by atoms with van der Waals surface area (Å²) in [6.07, 6.45) is 1.14. The van der Waals surface area contributed by atoms with E-state index in [1.54, 1.807) is 36.4 Å². The highest BCUT2D eigenvalue weighted by Crippen LogP contribution is 2.06. The Kier molecular flexibility index (Phi) is 7.38. The number of nitrogens with zero attached hydrogens (tertiary/aromatic N) is 3. The van der Waals surface area contributed by atoms with Crippen molar-refractivity contribution in [1.29, 1.82) is 0 Å². The number of hydrazine groups is 1. The smallest absolute Gasteiger partial charge is 0.270 e. The zero-order chi connectivity index (χ0) is 22.9. The van der Waals surface area contributed by atoms with Crippen molar-refractivity contribution in [3.05, 3.63) is 94.8 Å². The van der Waals surface area contributed by atoms with Crippen molar-refractivity contribution in [1.82, 2.24) is 26.0 Å². The van der Waals surface area contributed by atoms with Crippen molar-refractivity contribution in [3.63, 3.8) is 0 Å². The van der Waals surface area contributed by atoms with Gasteiger partial charge in [-0.25, -0.2) is 20.2 Å². The molecule has 7 N–H and O–H groups in total. The highest BCUT2D eigenvalue weighted by Gasteiger charge is 2.13. The summed E-state index contributed by atoms with van der Waals surface area (Å²) in [6.45, 7) is 0.428. The summed E-state index contributed by atoms with van der Waals surface area (Å²) in [5, 5.41) is 8.92. The molecule has 1 aromatic heterocycles. The van der Waals surface area contributed by atoms with E-state index < -0.39 is 11.8 Å². The molecular weight excluding hydrogens is 415 g/mol. The van der Waals surface area contributed by atoms with Crippen LogP contribution in [0, 0.1) is 5.82 Å². The number of hydrogen-bond acceptors (Lipinski definition) is 7. The Bertz CT molecular complexity index is 1120. The van der Waals surface area contributed by atoms with Gasteiger partial charge >= 0.3 is 0 Å². The van der Waals surface area contributed by atoms with Crippen molar-refractivity contribution in [2.75, 3.05) is 0 Å². The molecule has 0 aliphatic heterocycles. The number of amides is 2. The number of nitrogens with two attached hydrogens (primary N) is 2. The van der Waals surface area contributed by atoms with E-state index in [0.29, 0.717) is 11.4 Å². The van der Waals surface area contributed by atoms with Crippen LogP contribution in [-0.2, 0) is 13.1 Å². The van der Waals surface area contributed by atoms with Crippen LogP contribution in [0.3, 0.4) is 0 Å². The molecule has 1 heterocycles. The monoisotopic (exact) mass is 436 g/mol. The first-order valence-electron chi connectivity index (χ1n) is 9.47. The van der Waals surface area contributed by atoms with Crippen molar-refractivity contribution >= 4 is 17.6 Å². The molecule has 0 atom stereocenters. The third-order valence-electron chi connectivity index (χ3n) is 4.44. The van der Waals surface area contributed by atoms with Crippen LogP contribution in [0.4, 0.5) is 4.39 Å². The minimum Gasteiger partial charge on any atom is -0.347 e. The molecule has 164 valence electrons. The number of amidine groups is 1. The largest absolute Gasteiger partial charge is 0.347 e. The van der Waals surface area contributed by atoms with Gasteiger partial charge in [0.05, 0.1) is 0 Å². The Morgan fingerprint density at radius 1 is 0.875 bits per heavy atom. The molecule has 0 bridgehead atoms. The summed E-state index contributed by atoms with van der Waals surface area (Å²) in [4.78, 5) is 32.6. The number of halogens is 1. The van der Waals surface area contributed by atoms with Gasteiger partial charge in [-0.2, -0.15) is 5.10 Å². The second-order valence-electron chi connectivity index (χ2n) is 6.60. The Balaban J connectivity index is 1.57. The first kappa shape index (κ1) is 22.3. The molecular formula is C21H21FN8O2. The molecule has 10 nitrogen and oxygen atoms in total. The number of carbonyl (C=O) groups excluding carboxylic acids is 2. The van der Waals surface area contributed by atoms with Gasteiger partial charge in [0.2, 0.25) is 0 Å². The van der Waals surface area contributed by atoms with Gasteiger partial charge in [0, 0.05) is 24.7 Å². The summed E-state index contributed by atoms with van der Waals surface area (Å²) in [5.41, 5.74) is 4.72. The summed E-state index contributed by atoms with van der Waals surface area (Å²) in [6, 6.07) is 14.1. The van der Waals surface area contributed by atoms with Gasteiger partial charge in [-0.15, -0.1) is 0 Å². The topological polar surface area (TPSA) is 160 Å². The Morgan fingerprint density at radius 3 is 1.84 bits per heavy atom. The van der Waals surface area contributed by atoms with Gasteiger partial charge in [-0.3, -0.25) is 9.59 Å². The molecule has 32 heavy (non-hydrogen) atoms. The average Bonchev–Trinajstić information content (AvgIpc) is 2.83. The first-order valence-corrected chi connectivity index (χ1v) is 9.47. The Hall–Kier alpha value is -4.38. The second-order valence-corrected chi connectivity index (χ2v) is 6.60. The van der Waals surface area contributed by atoms with E-state index in [1.807, 2.05) is 0 Å². The number of aromatic nitrogens is 2. The zero-order valence-corrected chi connectivity index (χ0v) is 16.9. The molecule has 0 saturated carbocycles. The second kappa shape index (κ2) is 10.6. The lowest BCUT2D eigenvalue weighted by Gasteiger charge is -2.08. The molecule has 0 spiro atoms. The maximum atomic E-state index is 13.0. The lowest BCUT2D eigenvalue weighted by atomic mass is 10.1. The van der Waals surface area contributed by atoms with Crippen LogP contribution in [0.5, 0.6) is 0 Å². The number of hydrazone groups is 1. The van der Waals surface area contributed by atoms with Crippen LogP contribution in [0.1, 0.15) is 37.7 Å². The highest BCUT2D eigenvalue weighted by atomic mass is 19.1. The van der Waals surface area contributed by atoms with Gasteiger partial charge in [0.25, 0.3) is 11.8 Å². The average molecular weight is 436 g/mol. The van der Waals surface area contributed by atoms with Gasteiger partial charge in [-0.1, -0.05) is 36.4 Å². The molecule has 2 amide bonds. The number of nitrogens with one attached hydrogen (secondary N) is 3. The minimum atomic E-state index is -0.479. The fourth-order valence-corrected chi connectivity index (χ4v) is 2.73. The molecule has 3 rings (SSSR count). The van der Waals surface area contributed by atoms with Crippen molar-refractivity contribution in [2.24, 2.45) is 16.8 Å². The maximum absolute atomic E-state index is 13.0. The number of rotatable bonds is 7. The molecule has 0 unspecified atom stereocenters. The van der Waals surface area contributed by atoms with Crippen LogP contribution in [-0.4, -0.2) is 27.6 Å². The van der Waals surface area contributed by atoms with Crippen molar-refractivity contribution in [3.8, 4) is 0 Å². The lowest BCUT2D eigenvalue weighted by Crippen LogP contribution is -2.32. The van der Waals surface area contributed by atoms with Gasteiger partial charge < -0.3 is 21.9 Å². The Morgan fingerprint density at radius 2 is 1.38 bits per heavy atom. The quantitative estimate of drug-likeness (QED) is 0.156. The standard InChI is InChI=1S/C21H21FN8O2/c22-16-7-3-14(4-8-16)11-26-21(32)18-9-17(27-12-28-18)20(31)25-10-13-1-5-15(6-2-13)19(29-23)30-24/h1-9,12H,10-11,23-24H2,(H,25,31)(H,26,32)(H,29,30). The first-order chi connectivity index (χ1) is 15.5. The maximum Gasteiger partial charge on any atom is 0.270 e. The minimum absolute atomic E-state index is 0.0412. The molecule has 3 aromatic rings. The molecule has 0 aliphatic carbocycles. The SMILES string of the molecule is N/N=C(\NN)c1ccc(CNC(=O)c2cc(C(=O)NCc3ccc(F)cc3)ncn2)cc1. The van der Waals surface area contributed by atoms with Gasteiger partial charge in [-0.05, 0) is 23.3 Å². The van der Waals surface area contributed by atoms with E-state index in [2.05, 4.69) is 31.1 Å². The third kappa shape index (κ3) is 5.83. The van der Waals surface area contributed by atoms with Crippen LogP contribution in [0.25, 0.3) is 0 Å². The predicted octanol–water partition coefficient (Wildman–Crippen LogP) is 0.559. The summed E-state index contributed by atoms with van der Waals surface area (Å²) in [7, 11) is 0. The highest BCUT2D eigenvalue weighted by molar-refractivity contribution is 5.98. The van der Waals surface area contributed by atoms with Crippen LogP contribution >= 0.6 is 0 Å². The summed E-state index contributed by atoms with van der Waals surface area (Å²) >= 11 is 0. The van der Waals surface area contributed by atoms with Gasteiger partial charge in [0.1, 0.15) is 23.5 Å². The normalized spacial score (nSPS) is 11.0. The number of carbonyl (C=O) groups is 2. The summed E-state index contributed by atoms with van der Waals surface area (Å²) < 4.78 is 13.0. The van der Waals surface area contributed by atoms with E-state index in [1.165, 1.54) is 18.2 Å². The van der Waals surface area contributed by atoms with E-state index in [4.69, 9.17) is 11.7 Å². The fourth-order valence-electron chi connectivity index (χ4n) is 2.73. The Labute approximate surface area is 182 Å². The van der Waals surface area contributed by atoms with E-state index in [0.717, 1.165) is 17.5 Å². The lowest BCUT2D eigenvalue weighted by molar-refractivity contribution is 0.0944. The summed E-state index contributed by atoms with van der Waals surface area (Å²) in [5.74, 6) is 9.60. The van der Waals surface area contributed by atoms with E-state index >= 15 is 0 Å². The zero-order valence-electron chi connectivity index (χ0n) is 16.9. The van der Waals surface area contributed by atoms with Crippen molar-refractivity contribution in [2.45, 2.75) is 13.1 Å². The predicted molar refractivity (Wildman–Crippen MR) is 115 cm³/mol. The van der Waals surface area contributed by atoms with Crippen LogP contribution < -0.4 is 27.7 Å².